The molecule has 3 aromatic rings. The summed E-state index contributed by atoms with van der Waals surface area (Å²) < 4.78 is 0. The highest BCUT2D eigenvalue weighted by Gasteiger charge is 2.30. The second-order valence-electron chi connectivity index (χ2n) is 8.21. The van der Waals surface area contributed by atoms with Gasteiger partial charge in [-0.3, -0.25) is 9.59 Å². The standard InChI is InChI=1S/C28H32N2O2/c1-4-29-28(32)26(18-23-11-6-5-7-12-23)30(20-24-16-14-21(2)15-17-24)27(31)19-25-13-9-8-10-22(25)3/h5-17,26H,4,18-20H2,1-3H3,(H,29,32)/t26-/m1/s1. The molecule has 4 heteroatoms. The van der Waals surface area contributed by atoms with E-state index in [1.807, 2.05) is 99.6 Å². The van der Waals surface area contributed by atoms with Crippen molar-refractivity contribution >= 4 is 11.8 Å². The van der Waals surface area contributed by atoms with Crippen molar-refractivity contribution < 1.29 is 9.59 Å². The third-order valence-corrected chi connectivity index (χ3v) is 5.70. The second kappa shape index (κ2) is 11.3. The van der Waals surface area contributed by atoms with Gasteiger partial charge in [-0.05, 0) is 43.0 Å². The molecule has 0 bridgehead atoms. The fourth-order valence-corrected chi connectivity index (χ4v) is 3.81. The van der Waals surface area contributed by atoms with Gasteiger partial charge in [-0.15, -0.1) is 0 Å². The van der Waals surface area contributed by atoms with Crippen LogP contribution in [-0.4, -0.2) is 29.3 Å². The van der Waals surface area contributed by atoms with Gasteiger partial charge in [0.1, 0.15) is 6.04 Å². The number of hydrogen-bond donors (Lipinski definition) is 1. The van der Waals surface area contributed by atoms with Gasteiger partial charge in [0.2, 0.25) is 11.8 Å². The molecule has 0 fully saturated rings. The molecule has 0 aliphatic carbocycles. The molecular weight excluding hydrogens is 396 g/mol. The molecule has 3 rings (SSSR count). The highest BCUT2D eigenvalue weighted by atomic mass is 16.2. The lowest BCUT2D eigenvalue weighted by Gasteiger charge is -2.32. The van der Waals surface area contributed by atoms with Gasteiger partial charge in [-0.2, -0.15) is 0 Å². The first-order valence-corrected chi connectivity index (χ1v) is 11.2. The van der Waals surface area contributed by atoms with E-state index >= 15 is 0 Å². The molecular formula is C28H32N2O2. The van der Waals surface area contributed by atoms with Crippen LogP contribution < -0.4 is 5.32 Å². The Morgan fingerprint density at radius 1 is 0.844 bits per heavy atom. The lowest BCUT2D eigenvalue weighted by Crippen LogP contribution is -2.51. The topological polar surface area (TPSA) is 49.4 Å². The van der Waals surface area contributed by atoms with Gasteiger partial charge in [-0.1, -0.05) is 84.4 Å². The number of hydrogen-bond acceptors (Lipinski definition) is 2. The van der Waals surface area contributed by atoms with Gasteiger partial charge in [-0.25, -0.2) is 0 Å². The zero-order chi connectivity index (χ0) is 22.9. The number of benzene rings is 3. The summed E-state index contributed by atoms with van der Waals surface area (Å²) in [4.78, 5) is 28.5. The van der Waals surface area contributed by atoms with E-state index in [4.69, 9.17) is 0 Å². The summed E-state index contributed by atoms with van der Waals surface area (Å²) in [6.45, 7) is 6.86. The van der Waals surface area contributed by atoms with E-state index in [1.54, 1.807) is 4.90 Å². The highest BCUT2D eigenvalue weighted by Crippen LogP contribution is 2.18. The number of carbonyl (C=O) groups is 2. The predicted molar refractivity (Wildman–Crippen MR) is 129 cm³/mol. The molecule has 0 spiro atoms. The molecule has 3 aromatic carbocycles. The van der Waals surface area contributed by atoms with Crippen LogP contribution in [0.25, 0.3) is 0 Å². The number of carbonyl (C=O) groups excluding carboxylic acids is 2. The van der Waals surface area contributed by atoms with Gasteiger partial charge < -0.3 is 10.2 Å². The molecule has 0 heterocycles. The van der Waals surface area contributed by atoms with Crippen LogP contribution in [0, 0.1) is 13.8 Å². The minimum absolute atomic E-state index is 0.0490. The fraction of sp³-hybridized carbons (Fsp3) is 0.286. The maximum absolute atomic E-state index is 13.6. The largest absolute Gasteiger partial charge is 0.355 e. The Balaban J connectivity index is 1.95. The summed E-state index contributed by atoms with van der Waals surface area (Å²) >= 11 is 0. The molecule has 0 unspecified atom stereocenters. The van der Waals surface area contributed by atoms with E-state index in [-0.39, 0.29) is 18.2 Å². The quantitative estimate of drug-likeness (QED) is 0.541. The van der Waals surface area contributed by atoms with Crippen LogP contribution in [0.5, 0.6) is 0 Å². The summed E-state index contributed by atoms with van der Waals surface area (Å²) in [5.74, 6) is -0.173. The Morgan fingerprint density at radius 2 is 1.50 bits per heavy atom. The molecule has 2 amide bonds. The highest BCUT2D eigenvalue weighted by molar-refractivity contribution is 5.88. The third-order valence-electron chi connectivity index (χ3n) is 5.70. The molecule has 166 valence electrons. The van der Waals surface area contributed by atoms with Crippen LogP contribution >= 0.6 is 0 Å². The zero-order valence-corrected chi connectivity index (χ0v) is 19.2. The Hall–Kier alpha value is -3.40. The van der Waals surface area contributed by atoms with E-state index in [9.17, 15) is 9.59 Å². The third kappa shape index (κ3) is 6.30. The van der Waals surface area contributed by atoms with Gasteiger partial charge >= 0.3 is 0 Å². The number of amides is 2. The van der Waals surface area contributed by atoms with E-state index in [0.29, 0.717) is 19.5 Å². The lowest BCUT2D eigenvalue weighted by molar-refractivity contribution is -0.140. The SMILES string of the molecule is CCNC(=O)[C@@H](Cc1ccccc1)N(Cc1ccc(C)cc1)C(=O)Cc1ccccc1C. The van der Waals surface area contributed by atoms with Crippen molar-refractivity contribution in [2.45, 2.75) is 46.2 Å². The molecule has 32 heavy (non-hydrogen) atoms. The van der Waals surface area contributed by atoms with Crippen molar-refractivity contribution in [2.75, 3.05) is 6.54 Å². The monoisotopic (exact) mass is 428 g/mol. The van der Waals surface area contributed by atoms with Crippen molar-refractivity contribution in [3.8, 4) is 0 Å². The zero-order valence-electron chi connectivity index (χ0n) is 19.2. The first kappa shape index (κ1) is 23.3. The smallest absolute Gasteiger partial charge is 0.243 e. The van der Waals surface area contributed by atoms with Crippen LogP contribution in [-0.2, 0) is 29.0 Å². The summed E-state index contributed by atoms with van der Waals surface area (Å²) in [5.41, 5.74) is 5.27. The molecule has 0 saturated heterocycles. The van der Waals surface area contributed by atoms with E-state index < -0.39 is 6.04 Å². The van der Waals surface area contributed by atoms with Crippen LogP contribution in [0.3, 0.4) is 0 Å². The average molecular weight is 429 g/mol. The number of rotatable bonds is 9. The molecule has 1 N–H and O–H groups in total. The fourth-order valence-electron chi connectivity index (χ4n) is 3.81. The molecule has 0 aliphatic heterocycles. The lowest BCUT2D eigenvalue weighted by atomic mass is 10.00. The van der Waals surface area contributed by atoms with Gasteiger partial charge in [0.25, 0.3) is 0 Å². The van der Waals surface area contributed by atoms with Crippen LogP contribution in [0.2, 0.25) is 0 Å². The average Bonchev–Trinajstić information content (AvgIpc) is 2.79. The molecule has 0 aliphatic rings. The van der Waals surface area contributed by atoms with Crippen LogP contribution in [0.15, 0.2) is 78.9 Å². The molecule has 0 aromatic heterocycles. The number of aryl methyl sites for hydroxylation is 2. The number of nitrogens with zero attached hydrogens (tertiary/aromatic N) is 1. The van der Waals surface area contributed by atoms with Crippen molar-refractivity contribution in [1.29, 1.82) is 0 Å². The van der Waals surface area contributed by atoms with E-state index in [1.165, 1.54) is 0 Å². The number of nitrogens with one attached hydrogen (secondary N) is 1. The van der Waals surface area contributed by atoms with Crippen molar-refractivity contribution in [3.05, 3.63) is 107 Å². The first-order chi connectivity index (χ1) is 15.5. The van der Waals surface area contributed by atoms with E-state index in [0.717, 1.165) is 27.8 Å². The molecule has 4 nitrogen and oxygen atoms in total. The summed E-state index contributed by atoms with van der Waals surface area (Å²) in [5, 5.41) is 2.94. The van der Waals surface area contributed by atoms with Crippen molar-refractivity contribution in [1.82, 2.24) is 10.2 Å². The maximum atomic E-state index is 13.6. The van der Waals surface area contributed by atoms with Crippen molar-refractivity contribution in [3.63, 3.8) is 0 Å². The van der Waals surface area contributed by atoms with Crippen molar-refractivity contribution in [2.24, 2.45) is 0 Å². The maximum Gasteiger partial charge on any atom is 0.243 e. The normalized spacial score (nSPS) is 11.6. The Bertz CT molecular complexity index is 1030. The summed E-state index contributed by atoms with van der Waals surface area (Å²) in [6, 6.07) is 25.3. The van der Waals surface area contributed by atoms with Crippen LogP contribution in [0.1, 0.15) is 34.7 Å². The number of likely N-dealkylation sites (N-methyl/N-ethyl adjacent to an activating group) is 1. The first-order valence-electron chi connectivity index (χ1n) is 11.2. The summed E-state index contributed by atoms with van der Waals surface area (Å²) in [6.07, 6.45) is 0.737. The van der Waals surface area contributed by atoms with Gasteiger partial charge in [0, 0.05) is 19.5 Å². The molecule has 1 atom stereocenters. The minimum Gasteiger partial charge on any atom is -0.355 e. The van der Waals surface area contributed by atoms with Crippen LogP contribution in [0.4, 0.5) is 0 Å². The minimum atomic E-state index is -0.588. The Morgan fingerprint density at radius 3 is 2.16 bits per heavy atom. The Labute approximate surface area is 191 Å². The summed E-state index contributed by atoms with van der Waals surface area (Å²) in [7, 11) is 0. The van der Waals surface area contributed by atoms with E-state index in [2.05, 4.69) is 5.32 Å². The van der Waals surface area contributed by atoms with Gasteiger partial charge in [0.15, 0.2) is 0 Å². The predicted octanol–water partition coefficient (Wildman–Crippen LogP) is 4.62. The Kier molecular flexibility index (Phi) is 8.20. The molecule has 0 saturated carbocycles. The molecule has 0 radical (unpaired) electrons. The second-order valence-corrected chi connectivity index (χ2v) is 8.21. The van der Waals surface area contributed by atoms with Gasteiger partial charge in [0.05, 0.1) is 6.42 Å².